The molecule has 0 bridgehead atoms. The van der Waals surface area contributed by atoms with Crippen LogP contribution in [0.25, 0.3) is 0 Å². The predicted molar refractivity (Wildman–Crippen MR) is 53.1 cm³/mol. The van der Waals surface area contributed by atoms with Crippen LogP contribution in [0.3, 0.4) is 0 Å². The third-order valence-electron chi connectivity index (χ3n) is 1.30. The number of rotatable bonds is 4. The monoisotopic (exact) mass is 235 g/mol. The normalized spacial score (nSPS) is 11.4. The minimum atomic E-state index is -3.65. The Bertz CT molecular complexity index is 437. The Morgan fingerprint density at radius 3 is 2.64 bits per heavy atom. The van der Waals surface area contributed by atoms with Gasteiger partial charge in [0, 0.05) is 11.1 Å². The summed E-state index contributed by atoms with van der Waals surface area (Å²) < 4.78 is 24.9. The molecule has 0 radical (unpaired) electrons. The number of nitrogens with two attached hydrogens (primary N) is 2. The first-order valence-electron chi connectivity index (χ1n) is 3.54. The van der Waals surface area contributed by atoms with Gasteiger partial charge in [-0.05, 0) is 6.07 Å². The number of primary amides is 1. The summed E-state index contributed by atoms with van der Waals surface area (Å²) in [7, 11) is -3.65. The van der Waals surface area contributed by atoms with Crippen LogP contribution in [0.5, 0.6) is 0 Å². The first kappa shape index (κ1) is 11.0. The zero-order valence-corrected chi connectivity index (χ0v) is 8.69. The molecule has 0 aromatic carbocycles. The maximum Gasteiger partial charge on any atom is 0.250 e. The van der Waals surface area contributed by atoms with Crippen LogP contribution in [0.4, 0.5) is 5.69 Å². The van der Waals surface area contributed by atoms with E-state index in [1.54, 1.807) is 0 Å². The van der Waals surface area contributed by atoms with Gasteiger partial charge in [-0.2, -0.15) is 0 Å². The average molecular weight is 235 g/mol. The zero-order chi connectivity index (χ0) is 10.8. The molecule has 0 atom stereocenters. The van der Waals surface area contributed by atoms with E-state index in [2.05, 4.69) is 0 Å². The molecule has 0 aliphatic carbocycles. The minimum Gasteiger partial charge on any atom is -0.398 e. The Morgan fingerprint density at radius 2 is 2.21 bits per heavy atom. The molecule has 1 amide bonds. The van der Waals surface area contributed by atoms with Gasteiger partial charge < -0.3 is 11.5 Å². The van der Waals surface area contributed by atoms with E-state index in [0.29, 0.717) is 5.69 Å². The van der Waals surface area contributed by atoms with Crippen LogP contribution in [0.15, 0.2) is 15.7 Å². The number of carbonyl (C=O) groups excluding carboxylic acids is 1. The van der Waals surface area contributed by atoms with Gasteiger partial charge in [0.15, 0.2) is 0 Å². The van der Waals surface area contributed by atoms with E-state index in [1.165, 1.54) is 11.4 Å². The summed E-state index contributed by atoms with van der Waals surface area (Å²) in [5.74, 6) is -0.738. The van der Waals surface area contributed by atoms with E-state index in [-0.39, 0.29) is 4.21 Å². The Hall–Kier alpha value is -1.12. The highest BCUT2D eigenvalue weighted by Gasteiger charge is 2.16. The number of thiophene rings is 1. The lowest BCUT2D eigenvalue weighted by atomic mass is 10.6. The molecule has 0 aliphatic heterocycles. The summed E-state index contributed by atoms with van der Waals surface area (Å²) in [5, 5.41) is 1.50. The second-order valence-corrected chi connectivity index (χ2v) is 5.39. The fourth-order valence-electron chi connectivity index (χ4n) is 0.708. The van der Waals surface area contributed by atoms with Gasteiger partial charge in [0.1, 0.15) is 4.21 Å². The number of hydrogen-bond acceptors (Lipinski definition) is 5. The van der Waals surface area contributed by atoms with Crippen molar-refractivity contribution in [3.63, 3.8) is 0 Å². The van der Waals surface area contributed by atoms with Crippen molar-refractivity contribution in [1.82, 2.24) is 4.72 Å². The van der Waals surface area contributed by atoms with Gasteiger partial charge in [-0.3, -0.25) is 4.79 Å². The molecule has 0 unspecified atom stereocenters. The molecule has 1 aromatic heterocycles. The summed E-state index contributed by atoms with van der Waals surface area (Å²) in [5.41, 5.74) is 10.5. The lowest BCUT2D eigenvalue weighted by molar-refractivity contribution is -0.116. The molecule has 14 heavy (non-hydrogen) atoms. The van der Waals surface area contributed by atoms with E-state index in [0.717, 1.165) is 11.3 Å². The second-order valence-electron chi connectivity index (χ2n) is 2.49. The van der Waals surface area contributed by atoms with Crippen LogP contribution >= 0.6 is 11.3 Å². The first-order valence-corrected chi connectivity index (χ1v) is 5.90. The molecule has 0 saturated heterocycles. The SMILES string of the molecule is NC(=O)CNS(=O)(=O)c1cc(N)cs1. The molecular weight excluding hydrogens is 226 g/mol. The van der Waals surface area contributed by atoms with Crippen molar-refractivity contribution in [3.05, 3.63) is 11.4 Å². The molecule has 5 N–H and O–H groups in total. The summed E-state index contributed by atoms with van der Waals surface area (Å²) in [4.78, 5) is 10.4. The van der Waals surface area contributed by atoms with Crippen molar-refractivity contribution in [2.75, 3.05) is 12.3 Å². The lowest BCUT2D eigenvalue weighted by Crippen LogP contribution is -2.32. The molecule has 1 heterocycles. The Balaban J connectivity index is 2.81. The Labute approximate surface area is 85.0 Å². The number of carbonyl (C=O) groups is 1. The Kier molecular flexibility index (Phi) is 3.09. The lowest BCUT2D eigenvalue weighted by Gasteiger charge is -2.00. The summed E-state index contributed by atoms with van der Waals surface area (Å²) >= 11 is 0.981. The quantitative estimate of drug-likeness (QED) is 0.626. The van der Waals surface area contributed by atoms with Crippen LogP contribution in [-0.4, -0.2) is 20.9 Å². The number of nitrogen functional groups attached to an aromatic ring is 1. The minimum absolute atomic E-state index is 0.0660. The van der Waals surface area contributed by atoms with Crippen LogP contribution in [-0.2, 0) is 14.8 Å². The van der Waals surface area contributed by atoms with E-state index in [1.807, 2.05) is 4.72 Å². The molecular formula is C6H9N3O3S2. The molecule has 1 rings (SSSR count). The van der Waals surface area contributed by atoms with Crippen molar-refractivity contribution in [1.29, 1.82) is 0 Å². The number of amides is 1. The average Bonchev–Trinajstić information content (AvgIpc) is 2.49. The van der Waals surface area contributed by atoms with E-state index >= 15 is 0 Å². The van der Waals surface area contributed by atoms with Crippen molar-refractivity contribution in [2.45, 2.75) is 4.21 Å². The second kappa shape index (κ2) is 3.95. The van der Waals surface area contributed by atoms with Gasteiger partial charge in [-0.1, -0.05) is 0 Å². The van der Waals surface area contributed by atoms with Gasteiger partial charge in [-0.25, -0.2) is 13.1 Å². The van der Waals surface area contributed by atoms with Crippen molar-refractivity contribution in [3.8, 4) is 0 Å². The molecule has 6 nitrogen and oxygen atoms in total. The van der Waals surface area contributed by atoms with E-state index < -0.39 is 22.5 Å². The first-order chi connectivity index (χ1) is 6.42. The molecule has 0 saturated carbocycles. The number of anilines is 1. The smallest absolute Gasteiger partial charge is 0.250 e. The van der Waals surface area contributed by atoms with Crippen LogP contribution in [0.2, 0.25) is 0 Å². The highest BCUT2D eigenvalue weighted by molar-refractivity contribution is 7.91. The summed E-state index contributed by atoms with van der Waals surface area (Å²) in [6.07, 6.45) is 0. The van der Waals surface area contributed by atoms with Gasteiger partial charge in [0.25, 0.3) is 10.0 Å². The third-order valence-corrected chi connectivity index (χ3v) is 4.16. The van der Waals surface area contributed by atoms with Crippen LogP contribution in [0.1, 0.15) is 0 Å². The predicted octanol–water partition coefficient (Wildman–Crippen LogP) is -0.906. The van der Waals surface area contributed by atoms with Gasteiger partial charge in [0.2, 0.25) is 5.91 Å². The number of sulfonamides is 1. The fraction of sp³-hybridized carbons (Fsp3) is 0.167. The molecule has 0 spiro atoms. The van der Waals surface area contributed by atoms with Crippen LogP contribution < -0.4 is 16.2 Å². The topological polar surface area (TPSA) is 115 Å². The summed E-state index contributed by atoms with van der Waals surface area (Å²) in [6, 6.07) is 1.31. The van der Waals surface area contributed by atoms with E-state index in [9.17, 15) is 13.2 Å². The summed E-state index contributed by atoms with van der Waals surface area (Å²) in [6.45, 7) is -0.417. The number of nitrogens with one attached hydrogen (secondary N) is 1. The molecule has 8 heteroatoms. The molecule has 0 aliphatic rings. The highest BCUT2D eigenvalue weighted by Crippen LogP contribution is 2.20. The molecule has 78 valence electrons. The van der Waals surface area contributed by atoms with Gasteiger partial charge in [0.05, 0.1) is 6.54 Å². The van der Waals surface area contributed by atoms with Crippen molar-refractivity contribution < 1.29 is 13.2 Å². The highest BCUT2D eigenvalue weighted by atomic mass is 32.2. The largest absolute Gasteiger partial charge is 0.398 e. The molecule has 1 aromatic rings. The van der Waals surface area contributed by atoms with Gasteiger partial charge >= 0.3 is 0 Å². The fourth-order valence-corrected chi connectivity index (χ4v) is 2.83. The third kappa shape index (κ3) is 2.69. The number of hydrogen-bond donors (Lipinski definition) is 3. The van der Waals surface area contributed by atoms with Crippen LogP contribution in [0, 0.1) is 0 Å². The Morgan fingerprint density at radius 1 is 1.57 bits per heavy atom. The van der Waals surface area contributed by atoms with Crippen molar-refractivity contribution in [2.24, 2.45) is 5.73 Å². The van der Waals surface area contributed by atoms with Gasteiger partial charge in [-0.15, -0.1) is 11.3 Å². The molecule has 0 fully saturated rings. The maximum atomic E-state index is 11.4. The van der Waals surface area contributed by atoms with E-state index in [4.69, 9.17) is 11.5 Å². The zero-order valence-electron chi connectivity index (χ0n) is 7.06. The van der Waals surface area contributed by atoms with Crippen molar-refractivity contribution >= 4 is 33.0 Å². The maximum absolute atomic E-state index is 11.4. The standard InChI is InChI=1S/C6H9N3O3S2/c7-4-1-6(13-3-4)14(11,12)9-2-5(8)10/h1,3,9H,2,7H2,(H2,8,10).